The van der Waals surface area contributed by atoms with E-state index in [9.17, 15) is 4.79 Å². The van der Waals surface area contributed by atoms with Gasteiger partial charge in [-0.2, -0.15) is 0 Å². The molecule has 134 valence electrons. The van der Waals surface area contributed by atoms with Crippen molar-refractivity contribution < 1.29 is 14.3 Å². The van der Waals surface area contributed by atoms with Gasteiger partial charge in [0.05, 0.1) is 7.11 Å². The highest BCUT2D eigenvalue weighted by molar-refractivity contribution is 5.91. The zero-order valence-corrected chi connectivity index (χ0v) is 15.1. The number of nitrogens with one attached hydrogen (secondary N) is 1. The fraction of sp³-hybridized carbons (Fsp3) is 0.350. The molecule has 0 aromatic heterocycles. The van der Waals surface area contributed by atoms with Gasteiger partial charge < -0.3 is 14.8 Å². The molecule has 0 aliphatic carbocycles. The van der Waals surface area contributed by atoms with Crippen molar-refractivity contribution in [1.82, 2.24) is 4.90 Å². The van der Waals surface area contributed by atoms with Crippen LogP contribution in [-0.2, 0) is 11.3 Å². The normalized spacial score (nSPS) is 10.6. The predicted octanol–water partition coefficient (Wildman–Crippen LogP) is 3.55. The van der Waals surface area contributed by atoms with Gasteiger partial charge in [-0.1, -0.05) is 26.0 Å². The standard InChI is InChI=1S/C20H26N2O3/c1-4-22(5-2)14-16-6-8-17(9-7-16)21-20(23)15-25-19-12-10-18(24-3)11-13-19/h6-13H,4-5,14-15H2,1-3H3,(H,21,23). The minimum Gasteiger partial charge on any atom is -0.497 e. The van der Waals surface area contributed by atoms with Crippen LogP contribution in [-0.4, -0.2) is 37.6 Å². The Kier molecular flexibility index (Phi) is 7.29. The Bertz CT molecular complexity index is 650. The number of nitrogens with zero attached hydrogens (tertiary/aromatic N) is 1. The number of carbonyl (C=O) groups excluding carboxylic acids is 1. The van der Waals surface area contributed by atoms with Crippen molar-refractivity contribution in [2.75, 3.05) is 32.1 Å². The highest BCUT2D eigenvalue weighted by Gasteiger charge is 2.05. The van der Waals surface area contributed by atoms with Crippen molar-refractivity contribution >= 4 is 11.6 Å². The summed E-state index contributed by atoms with van der Waals surface area (Å²) >= 11 is 0. The molecular formula is C20H26N2O3. The van der Waals surface area contributed by atoms with Crippen LogP contribution in [0.1, 0.15) is 19.4 Å². The number of amides is 1. The summed E-state index contributed by atoms with van der Waals surface area (Å²) in [5.41, 5.74) is 2.00. The smallest absolute Gasteiger partial charge is 0.262 e. The number of methoxy groups -OCH3 is 1. The maximum Gasteiger partial charge on any atom is 0.262 e. The van der Waals surface area contributed by atoms with Crippen LogP contribution in [0.4, 0.5) is 5.69 Å². The molecular weight excluding hydrogens is 316 g/mol. The molecule has 0 fully saturated rings. The summed E-state index contributed by atoms with van der Waals surface area (Å²) in [5.74, 6) is 1.19. The van der Waals surface area contributed by atoms with E-state index in [4.69, 9.17) is 9.47 Å². The zero-order valence-electron chi connectivity index (χ0n) is 15.1. The second-order valence-electron chi connectivity index (χ2n) is 5.67. The van der Waals surface area contributed by atoms with Crippen molar-refractivity contribution in [2.24, 2.45) is 0 Å². The molecule has 1 N–H and O–H groups in total. The average Bonchev–Trinajstić information content (AvgIpc) is 2.66. The van der Waals surface area contributed by atoms with Crippen LogP contribution in [0, 0.1) is 0 Å². The first-order valence-electron chi connectivity index (χ1n) is 8.52. The first kappa shape index (κ1) is 18.8. The Morgan fingerprint density at radius 3 is 2.12 bits per heavy atom. The molecule has 0 atom stereocenters. The minimum atomic E-state index is -0.188. The van der Waals surface area contributed by atoms with Gasteiger partial charge in [-0.15, -0.1) is 0 Å². The number of rotatable bonds is 9. The van der Waals surface area contributed by atoms with Crippen molar-refractivity contribution in [1.29, 1.82) is 0 Å². The van der Waals surface area contributed by atoms with Crippen LogP contribution < -0.4 is 14.8 Å². The molecule has 2 aromatic carbocycles. The van der Waals surface area contributed by atoms with E-state index in [0.29, 0.717) is 5.75 Å². The number of anilines is 1. The molecule has 5 nitrogen and oxygen atoms in total. The summed E-state index contributed by atoms with van der Waals surface area (Å²) in [6, 6.07) is 15.1. The van der Waals surface area contributed by atoms with Crippen molar-refractivity contribution in [3.63, 3.8) is 0 Å². The van der Waals surface area contributed by atoms with Crippen LogP contribution in [0.15, 0.2) is 48.5 Å². The van der Waals surface area contributed by atoms with Crippen LogP contribution in [0.5, 0.6) is 11.5 Å². The van der Waals surface area contributed by atoms with Gasteiger partial charge in [0.1, 0.15) is 11.5 Å². The van der Waals surface area contributed by atoms with Crippen molar-refractivity contribution in [3.8, 4) is 11.5 Å². The Labute approximate surface area is 149 Å². The molecule has 0 aliphatic rings. The second-order valence-corrected chi connectivity index (χ2v) is 5.67. The van der Waals surface area contributed by atoms with E-state index in [2.05, 4.69) is 24.1 Å². The SMILES string of the molecule is CCN(CC)Cc1ccc(NC(=O)COc2ccc(OC)cc2)cc1. The maximum absolute atomic E-state index is 12.0. The van der Waals surface area contributed by atoms with Gasteiger partial charge in [0.2, 0.25) is 0 Å². The van der Waals surface area contributed by atoms with Crippen LogP contribution in [0.2, 0.25) is 0 Å². The van der Waals surface area contributed by atoms with Crippen LogP contribution >= 0.6 is 0 Å². The van der Waals surface area contributed by atoms with E-state index in [1.165, 1.54) is 5.56 Å². The summed E-state index contributed by atoms with van der Waals surface area (Å²) in [6.07, 6.45) is 0. The lowest BCUT2D eigenvalue weighted by molar-refractivity contribution is -0.118. The summed E-state index contributed by atoms with van der Waals surface area (Å²) < 4.78 is 10.6. The van der Waals surface area contributed by atoms with Gasteiger partial charge in [-0.25, -0.2) is 0 Å². The number of carbonyl (C=O) groups is 1. The first-order valence-corrected chi connectivity index (χ1v) is 8.52. The van der Waals surface area contributed by atoms with Crippen LogP contribution in [0.3, 0.4) is 0 Å². The van der Waals surface area contributed by atoms with E-state index in [-0.39, 0.29) is 12.5 Å². The lowest BCUT2D eigenvalue weighted by Crippen LogP contribution is -2.22. The molecule has 0 radical (unpaired) electrons. The Balaban J connectivity index is 1.81. The number of ether oxygens (including phenoxy) is 2. The lowest BCUT2D eigenvalue weighted by Gasteiger charge is -2.18. The molecule has 0 heterocycles. The fourth-order valence-electron chi connectivity index (χ4n) is 2.42. The molecule has 0 unspecified atom stereocenters. The quantitative estimate of drug-likeness (QED) is 0.757. The van der Waals surface area contributed by atoms with Gasteiger partial charge in [0.15, 0.2) is 6.61 Å². The van der Waals surface area contributed by atoms with Gasteiger partial charge >= 0.3 is 0 Å². The zero-order chi connectivity index (χ0) is 18.1. The number of hydrogen-bond acceptors (Lipinski definition) is 4. The first-order chi connectivity index (χ1) is 12.1. The average molecular weight is 342 g/mol. The van der Waals surface area contributed by atoms with Crippen molar-refractivity contribution in [2.45, 2.75) is 20.4 Å². The molecule has 5 heteroatoms. The van der Waals surface area contributed by atoms with E-state index in [0.717, 1.165) is 31.1 Å². The monoisotopic (exact) mass is 342 g/mol. The van der Waals surface area contributed by atoms with E-state index in [1.54, 1.807) is 31.4 Å². The van der Waals surface area contributed by atoms with Gasteiger partial charge in [0, 0.05) is 12.2 Å². The molecule has 0 spiro atoms. The molecule has 2 rings (SSSR count). The van der Waals surface area contributed by atoms with Crippen molar-refractivity contribution in [3.05, 3.63) is 54.1 Å². The molecule has 1 amide bonds. The summed E-state index contributed by atoms with van der Waals surface area (Å²) in [6.45, 7) is 7.24. The van der Waals surface area contributed by atoms with E-state index >= 15 is 0 Å². The van der Waals surface area contributed by atoms with Crippen LogP contribution in [0.25, 0.3) is 0 Å². The Morgan fingerprint density at radius 1 is 0.960 bits per heavy atom. The molecule has 25 heavy (non-hydrogen) atoms. The Morgan fingerprint density at radius 2 is 1.56 bits per heavy atom. The van der Waals surface area contributed by atoms with Gasteiger partial charge in [-0.05, 0) is 55.1 Å². The van der Waals surface area contributed by atoms with E-state index < -0.39 is 0 Å². The fourth-order valence-corrected chi connectivity index (χ4v) is 2.42. The molecule has 0 saturated carbocycles. The summed E-state index contributed by atoms with van der Waals surface area (Å²) in [5, 5.41) is 2.84. The Hall–Kier alpha value is -2.53. The summed E-state index contributed by atoms with van der Waals surface area (Å²) in [4.78, 5) is 14.3. The third-order valence-corrected chi connectivity index (χ3v) is 3.97. The molecule has 2 aromatic rings. The third-order valence-electron chi connectivity index (χ3n) is 3.97. The molecule has 0 aliphatic heterocycles. The van der Waals surface area contributed by atoms with E-state index in [1.807, 2.05) is 24.3 Å². The predicted molar refractivity (Wildman–Crippen MR) is 100 cm³/mol. The van der Waals surface area contributed by atoms with Gasteiger partial charge in [0.25, 0.3) is 5.91 Å². The maximum atomic E-state index is 12.0. The number of hydrogen-bond donors (Lipinski definition) is 1. The van der Waals surface area contributed by atoms with Gasteiger partial charge in [-0.3, -0.25) is 9.69 Å². The number of benzene rings is 2. The third kappa shape index (κ3) is 6.12. The lowest BCUT2D eigenvalue weighted by atomic mass is 10.2. The second kappa shape index (κ2) is 9.69. The largest absolute Gasteiger partial charge is 0.497 e. The highest BCUT2D eigenvalue weighted by atomic mass is 16.5. The molecule has 0 bridgehead atoms. The molecule has 0 saturated heterocycles. The highest BCUT2D eigenvalue weighted by Crippen LogP contribution is 2.17. The summed E-state index contributed by atoms with van der Waals surface area (Å²) in [7, 11) is 1.61. The topological polar surface area (TPSA) is 50.8 Å². The minimum absolute atomic E-state index is 0.0342.